The van der Waals surface area contributed by atoms with Crippen LogP contribution in [0.15, 0.2) is 46.9 Å². The molecule has 1 fully saturated rings. The first-order valence-corrected chi connectivity index (χ1v) is 7.80. The summed E-state index contributed by atoms with van der Waals surface area (Å²) < 4.78 is 6.18. The molecule has 4 rings (SSSR count). The molecule has 0 bridgehead atoms. The third-order valence-electron chi connectivity index (χ3n) is 4.67. The standard InChI is InChI=1S/C19H20O/c1-2-6-14(7-3-1)12-17-13-16-11-10-15-8-4-5-9-18(15)19(16)20-17/h4-5,8-11,13-14H,1-3,6-7,12H2. The predicted octanol–water partition coefficient (Wildman–Crippen LogP) is 5.71. The highest BCUT2D eigenvalue weighted by atomic mass is 16.3. The number of fused-ring (bicyclic) bond motifs is 3. The smallest absolute Gasteiger partial charge is 0.142 e. The Morgan fingerprint density at radius 3 is 2.60 bits per heavy atom. The van der Waals surface area contributed by atoms with Crippen molar-refractivity contribution < 1.29 is 4.42 Å². The van der Waals surface area contributed by atoms with Crippen LogP contribution in [0.25, 0.3) is 21.7 Å². The zero-order chi connectivity index (χ0) is 13.4. The van der Waals surface area contributed by atoms with E-state index in [0.717, 1.165) is 17.9 Å². The van der Waals surface area contributed by atoms with E-state index in [9.17, 15) is 0 Å². The van der Waals surface area contributed by atoms with Gasteiger partial charge in [-0.05, 0) is 17.4 Å². The van der Waals surface area contributed by atoms with Crippen LogP contribution in [0.1, 0.15) is 37.9 Å². The van der Waals surface area contributed by atoms with Crippen LogP contribution in [0, 0.1) is 5.92 Å². The number of rotatable bonds is 2. The van der Waals surface area contributed by atoms with E-state index >= 15 is 0 Å². The van der Waals surface area contributed by atoms with Crippen molar-refractivity contribution >= 4 is 21.7 Å². The molecule has 1 aliphatic carbocycles. The van der Waals surface area contributed by atoms with E-state index in [4.69, 9.17) is 4.42 Å². The van der Waals surface area contributed by atoms with E-state index in [1.54, 1.807) is 0 Å². The fraction of sp³-hybridized carbons (Fsp3) is 0.368. The van der Waals surface area contributed by atoms with Gasteiger partial charge in [-0.25, -0.2) is 0 Å². The maximum atomic E-state index is 6.18. The maximum Gasteiger partial charge on any atom is 0.142 e. The second-order valence-corrected chi connectivity index (χ2v) is 6.13. The molecular weight excluding hydrogens is 244 g/mol. The quantitative estimate of drug-likeness (QED) is 0.578. The van der Waals surface area contributed by atoms with Crippen LogP contribution >= 0.6 is 0 Å². The molecule has 3 aromatic rings. The molecule has 1 nitrogen and oxygen atoms in total. The molecule has 1 heterocycles. The van der Waals surface area contributed by atoms with Gasteiger partial charge in [0.25, 0.3) is 0 Å². The zero-order valence-electron chi connectivity index (χ0n) is 11.8. The maximum absolute atomic E-state index is 6.18. The van der Waals surface area contributed by atoms with Crippen molar-refractivity contribution in [2.45, 2.75) is 38.5 Å². The van der Waals surface area contributed by atoms with Gasteiger partial charge >= 0.3 is 0 Å². The van der Waals surface area contributed by atoms with E-state index in [1.807, 2.05) is 0 Å². The molecular formula is C19H20O. The highest BCUT2D eigenvalue weighted by Gasteiger charge is 2.16. The minimum Gasteiger partial charge on any atom is -0.460 e. The summed E-state index contributed by atoms with van der Waals surface area (Å²) >= 11 is 0. The zero-order valence-corrected chi connectivity index (χ0v) is 11.8. The van der Waals surface area contributed by atoms with E-state index < -0.39 is 0 Å². The number of furan rings is 1. The van der Waals surface area contributed by atoms with Crippen LogP contribution in [-0.2, 0) is 6.42 Å². The SMILES string of the molecule is c1ccc2c(c1)ccc1cc(CC3CCCCC3)oc12. The van der Waals surface area contributed by atoms with Crippen molar-refractivity contribution in [2.24, 2.45) is 5.92 Å². The Morgan fingerprint density at radius 2 is 1.70 bits per heavy atom. The lowest BCUT2D eigenvalue weighted by atomic mass is 9.86. The second-order valence-electron chi connectivity index (χ2n) is 6.13. The lowest BCUT2D eigenvalue weighted by Gasteiger charge is -2.20. The molecule has 0 radical (unpaired) electrons. The molecule has 0 spiro atoms. The molecule has 1 aliphatic rings. The van der Waals surface area contributed by atoms with Crippen LogP contribution in [0.4, 0.5) is 0 Å². The number of hydrogen-bond acceptors (Lipinski definition) is 1. The molecule has 0 aliphatic heterocycles. The van der Waals surface area contributed by atoms with Gasteiger partial charge < -0.3 is 4.42 Å². The summed E-state index contributed by atoms with van der Waals surface area (Å²) in [4.78, 5) is 0. The summed E-state index contributed by atoms with van der Waals surface area (Å²) in [6, 6.07) is 15.1. The normalized spacial score (nSPS) is 17.0. The Kier molecular flexibility index (Phi) is 2.99. The number of benzene rings is 2. The van der Waals surface area contributed by atoms with Crippen molar-refractivity contribution in [3.63, 3.8) is 0 Å². The molecule has 2 aromatic carbocycles. The average Bonchev–Trinajstić information content (AvgIpc) is 2.91. The monoisotopic (exact) mass is 264 g/mol. The molecule has 0 unspecified atom stereocenters. The first-order valence-electron chi connectivity index (χ1n) is 7.80. The molecule has 102 valence electrons. The fourth-order valence-electron chi connectivity index (χ4n) is 3.60. The Bertz CT molecular complexity index is 732. The minimum absolute atomic E-state index is 0.829. The minimum atomic E-state index is 0.829. The molecule has 1 saturated carbocycles. The van der Waals surface area contributed by atoms with Crippen LogP contribution in [0.3, 0.4) is 0 Å². The molecule has 1 heteroatoms. The van der Waals surface area contributed by atoms with Gasteiger partial charge in [0.2, 0.25) is 0 Å². The first kappa shape index (κ1) is 12.0. The van der Waals surface area contributed by atoms with Gasteiger partial charge in [-0.2, -0.15) is 0 Å². The summed E-state index contributed by atoms with van der Waals surface area (Å²) in [5.74, 6) is 2.00. The van der Waals surface area contributed by atoms with Crippen LogP contribution in [0.2, 0.25) is 0 Å². The lowest BCUT2D eigenvalue weighted by Crippen LogP contribution is -2.08. The van der Waals surface area contributed by atoms with Gasteiger partial charge in [0, 0.05) is 17.2 Å². The van der Waals surface area contributed by atoms with E-state index in [0.29, 0.717) is 0 Å². The van der Waals surface area contributed by atoms with Crippen LogP contribution in [-0.4, -0.2) is 0 Å². The van der Waals surface area contributed by atoms with Crippen LogP contribution < -0.4 is 0 Å². The highest BCUT2D eigenvalue weighted by molar-refractivity contribution is 6.04. The summed E-state index contributed by atoms with van der Waals surface area (Å²) in [5.41, 5.74) is 1.06. The molecule has 20 heavy (non-hydrogen) atoms. The van der Waals surface area contributed by atoms with Crippen molar-refractivity contribution in [3.8, 4) is 0 Å². The Balaban J connectivity index is 1.72. The molecule has 0 amide bonds. The molecule has 0 saturated heterocycles. The molecule has 0 atom stereocenters. The summed E-state index contributed by atoms with van der Waals surface area (Å²) in [5, 5.41) is 3.74. The van der Waals surface area contributed by atoms with Gasteiger partial charge in [-0.15, -0.1) is 0 Å². The van der Waals surface area contributed by atoms with Gasteiger partial charge in [0.1, 0.15) is 11.3 Å². The third kappa shape index (κ3) is 2.11. The molecule has 0 N–H and O–H groups in total. The van der Waals surface area contributed by atoms with E-state index in [-0.39, 0.29) is 0 Å². The molecule has 1 aromatic heterocycles. The highest BCUT2D eigenvalue weighted by Crippen LogP contribution is 2.32. The van der Waals surface area contributed by atoms with Crippen molar-refractivity contribution in [1.82, 2.24) is 0 Å². The number of hydrogen-bond donors (Lipinski definition) is 0. The van der Waals surface area contributed by atoms with Crippen molar-refractivity contribution in [2.75, 3.05) is 0 Å². The lowest BCUT2D eigenvalue weighted by molar-refractivity contribution is 0.338. The Morgan fingerprint density at radius 1 is 0.900 bits per heavy atom. The third-order valence-corrected chi connectivity index (χ3v) is 4.67. The Hall–Kier alpha value is -1.76. The summed E-state index contributed by atoms with van der Waals surface area (Å²) in [6.07, 6.45) is 8.07. The van der Waals surface area contributed by atoms with E-state index in [1.165, 1.54) is 54.0 Å². The van der Waals surface area contributed by atoms with Crippen molar-refractivity contribution in [3.05, 3.63) is 48.2 Å². The Labute approximate surface area is 119 Å². The average molecular weight is 264 g/mol. The van der Waals surface area contributed by atoms with Gasteiger partial charge in [0.15, 0.2) is 0 Å². The van der Waals surface area contributed by atoms with E-state index in [2.05, 4.69) is 42.5 Å². The second kappa shape index (κ2) is 4.97. The predicted molar refractivity (Wildman–Crippen MR) is 84.0 cm³/mol. The van der Waals surface area contributed by atoms with Gasteiger partial charge in [-0.3, -0.25) is 0 Å². The van der Waals surface area contributed by atoms with Gasteiger partial charge in [-0.1, -0.05) is 68.5 Å². The van der Waals surface area contributed by atoms with Crippen LogP contribution in [0.5, 0.6) is 0 Å². The largest absolute Gasteiger partial charge is 0.460 e. The topological polar surface area (TPSA) is 13.1 Å². The van der Waals surface area contributed by atoms with Crippen molar-refractivity contribution in [1.29, 1.82) is 0 Å². The van der Waals surface area contributed by atoms with Gasteiger partial charge in [0.05, 0.1) is 0 Å². The fourth-order valence-corrected chi connectivity index (χ4v) is 3.60. The summed E-state index contributed by atoms with van der Waals surface area (Å²) in [7, 11) is 0. The summed E-state index contributed by atoms with van der Waals surface area (Å²) in [6.45, 7) is 0. The first-order chi connectivity index (χ1) is 9.90.